The van der Waals surface area contributed by atoms with Crippen LogP contribution in [-0.4, -0.2) is 42.3 Å². The van der Waals surface area contributed by atoms with Crippen molar-refractivity contribution in [2.45, 2.75) is 76.4 Å². The molecule has 4 nitrogen and oxygen atoms in total. The smallest absolute Gasteiger partial charge is 0.410 e. The van der Waals surface area contributed by atoms with E-state index >= 15 is 0 Å². The number of hydrogen-bond donors (Lipinski definition) is 1. The van der Waals surface area contributed by atoms with Gasteiger partial charge in [0.25, 0.3) is 0 Å². The summed E-state index contributed by atoms with van der Waals surface area (Å²) in [6.07, 6.45) is 7.25. The third kappa shape index (κ3) is 4.01. The lowest BCUT2D eigenvalue weighted by Gasteiger charge is -2.34. The van der Waals surface area contributed by atoms with Gasteiger partial charge in [0, 0.05) is 24.5 Å². The van der Waals surface area contributed by atoms with Gasteiger partial charge in [0.05, 0.1) is 0 Å². The Bertz CT molecular complexity index is 696. The first-order valence-corrected chi connectivity index (χ1v) is 10.7. The van der Waals surface area contributed by atoms with Crippen LogP contribution in [0.1, 0.15) is 64.0 Å². The van der Waals surface area contributed by atoms with Gasteiger partial charge in [-0.15, -0.1) is 0 Å². The van der Waals surface area contributed by atoms with Gasteiger partial charge in [-0.05, 0) is 82.9 Å². The van der Waals surface area contributed by atoms with Crippen molar-refractivity contribution in [1.82, 2.24) is 10.2 Å². The van der Waals surface area contributed by atoms with Gasteiger partial charge in [-0.2, -0.15) is 0 Å². The molecular weight excluding hydrogens is 336 g/mol. The number of piperidine rings is 1. The lowest BCUT2D eigenvalue weighted by atomic mass is 9.79. The number of carbonyl (C=O) groups is 1. The highest BCUT2D eigenvalue weighted by Gasteiger charge is 2.56. The van der Waals surface area contributed by atoms with Crippen molar-refractivity contribution in [2.24, 2.45) is 5.92 Å². The number of carbonyl (C=O) groups excluding carboxylic acids is 1. The van der Waals surface area contributed by atoms with Gasteiger partial charge in [-0.3, -0.25) is 0 Å². The number of hydrogen-bond acceptors (Lipinski definition) is 3. The molecular formula is C23H34N2O2. The summed E-state index contributed by atoms with van der Waals surface area (Å²) in [5, 5.41) is 3.86. The first kappa shape index (κ1) is 18.8. The molecule has 4 rings (SSSR count). The van der Waals surface area contributed by atoms with E-state index in [1.54, 1.807) is 11.1 Å². The van der Waals surface area contributed by atoms with E-state index in [-0.39, 0.29) is 6.09 Å². The molecule has 148 valence electrons. The van der Waals surface area contributed by atoms with Crippen LogP contribution in [0.25, 0.3) is 0 Å². The zero-order valence-corrected chi connectivity index (χ0v) is 17.1. The molecule has 0 radical (unpaired) electrons. The lowest BCUT2D eigenvalue weighted by Crippen LogP contribution is -2.45. The molecule has 4 heteroatoms. The average molecular weight is 371 g/mol. The molecule has 1 heterocycles. The van der Waals surface area contributed by atoms with Crippen molar-refractivity contribution in [2.75, 3.05) is 19.6 Å². The number of benzene rings is 1. The third-order valence-electron chi connectivity index (χ3n) is 6.52. The van der Waals surface area contributed by atoms with E-state index in [9.17, 15) is 4.79 Å². The van der Waals surface area contributed by atoms with Crippen molar-refractivity contribution < 1.29 is 9.53 Å². The second kappa shape index (κ2) is 7.12. The molecule has 1 aromatic rings. The molecule has 1 saturated carbocycles. The zero-order chi connectivity index (χ0) is 19.1. The molecule has 0 aromatic heterocycles. The molecule has 1 spiro atoms. The second-order valence-corrected chi connectivity index (χ2v) is 9.77. The maximum Gasteiger partial charge on any atom is 0.410 e. The molecule has 2 fully saturated rings. The maximum atomic E-state index is 12.4. The zero-order valence-electron chi connectivity index (χ0n) is 17.1. The molecule has 3 atom stereocenters. The molecule has 3 unspecified atom stereocenters. The molecule has 3 aliphatic rings. The first-order valence-electron chi connectivity index (χ1n) is 10.7. The van der Waals surface area contributed by atoms with Gasteiger partial charge < -0.3 is 15.0 Å². The van der Waals surface area contributed by atoms with E-state index in [1.165, 1.54) is 32.1 Å². The molecule has 2 aliphatic carbocycles. The predicted molar refractivity (Wildman–Crippen MR) is 108 cm³/mol. The van der Waals surface area contributed by atoms with Crippen LogP contribution in [-0.2, 0) is 16.6 Å². The van der Waals surface area contributed by atoms with Crippen molar-refractivity contribution in [1.29, 1.82) is 0 Å². The molecule has 0 bridgehead atoms. The molecule has 1 saturated heterocycles. The number of rotatable bonds is 3. The fourth-order valence-electron chi connectivity index (χ4n) is 5.13. The van der Waals surface area contributed by atoms with Gasteiger partial charge in [0.2, 0.25) is 0 Å². The molecule has 27 heavy (non-hydrogen) atoms. The van der Waals surface area contributed by atoms with Crippen LogP contribution < -0.4 is 5.32 Å². The van der Waals surface area contributed by atoms with E-state index in [0.29, 0.717) is 17.4 Å². The van der Waals surface area contributed by atoms with E-state index in [0.717, 1.165) is 26.1 Å². The average Bonchev–Trinajstić information content (AvgIpc) is 3.32. The topological polar surface area (TPSA) is 41.6 Å². The van der Waals surface area contributed by atoms with Gasteiger partial charge >= 0.3 is 6.09 Å². The highest BCUT2D eigenvalue weighted by Crippen LogP contribution is 2.55. The van der Waals surface area contributed by atoms with Gasteiger partial charge in [-0.25, -0.2) is 4.79 Å². The predicted octanol–water partition coefficient (Wildman–Crippen LogP) is 4.27. The summed E-state index contributed by atoms with van der Waals surface area (Å²) in [5.74, 6) is 0.530. The fourth-order valence-corrected chi connectivity index (χ4v) is 5.13. The Morgan fingerprint density at radius 1 is 1.30 bits per heavy atom. The summed E-state index contributed by atoms with van der Waals surface area (Å²) < 4.78 is 5.56. The van der Waals surface area contributed by atoms with Crippen LogP contribution in [0.5, 0.6) is 0 Å². The summed E-state index contributed by atoms with van der Waals surface area (Å²) in [6.45, 7) is 8.45. The molecule has 1 amide bonds. The Morgan fingerprint density at radius 3 is 2.93 bits per heavy atom. The van der Waals surface area contributed by atoms with Crippen LogP contribution in [0, 0.1) is 5.92 Å². The largest absolute Gasteiger partial charge is 0.444 e. The van der Waals surface area contributed by atoms with Crippen molar-refractivity contribution in [3.05, 3.63) is 35.4 Å². The van der Waals surface area contributed by atoms with E-state index in [2.05, 4.69) is 29.6 Å². The second-order valence-electron chi connectivity index (χ2n) is 9.77. The fraction of sp³-hybridized carbons (Fsp3) is 0.696. The molecule has 1 aromatic carbocycles. The number of nitrogens with one attached hydrogen (secondary N) is 1. The van der Waals surface area contributed by atoms with Gasteiger partial charge in [-0.1, -0.05) is 24.3 Å². The van der Waals surface area contributed by atoms with Crippen LogP contribution in [0.4, 0.5) is 4.79 Å². The van der Waals surface area contributed by atoms with Crippen LogP contribution in [0.2, 0.25) is 0 Å². The third-order valence-corrected chi connectivity index (χ3v) is 6.52. The number of ether oxygens (including phenoxy) is 1. The Morgan fingerprint density at radius 2 is 2.11 bits per heavy atom. The van der Waals surface area contributed by atoms with E-state index in [1.807, 2.05) is 25.7 Å². The standard InChI is InChI=1S/C23H34N2O2/c1-22(2,3)27-21(26)25-13-7-8-17(16-25)15-24-20-14-23(20)12-6-10-18-9-4-5-11-19(18)23/h4-5,9,11,17,20,24H,6-8,10,12-16H2,1-3H3. The van der Waals surface area contributed by atoms with Crippen LogP contribution >= 0.6 is 0 Å². The van der Waals surface area contributed by atoms with Gasteiger partial charge in [0.1, 0.15) is 5.60 Å². The lowest BCUT2D eigenvalue weighted by molar-refractivity contribution is 0.0166. The Kier molecular flexibility index (Phi) is 4.96. The minimum atomic E-state index is -0.420. The van der Waals surface area contributed by atoms with Crippen molar-refractivity contribution >= 4 is 6.09 Å². The maximum absolute atomic E-state index is 12.4. The summed E-state index contributed by atoms with van der Waals surface area (Å²) in [4.78, 5) is 14.3. The Labute approximate surface area is 163 Å². The summed E-state index contributed by atoms with van der Waals surface area (Å²) in [7, 11) is 0. The number of likely N-dealkylation sites (tertiary alicyclic amines) is 1. The SMILES string of the molecule is CC(C)(C)OC(=O)N1CCCC(CNC2CC23CCCc2ccccc23)C1. The monoisotopic (exact) mass is 370 g/mol. The van der Waals surface area contributed by atoms with Gasteiger partial charge in [0.15, 0.2) is 0 Å². The summed E-state index contributed by atoms with van der Waals surface area (Å²) in [5.41, 5.74) is 3.11. The van der Waals surface area contributed by atoms with Crippen molar-refractivity contribution in [3.63, 3.8) is 0 Å². The normalized spacial score (nSPS) is 30.1. The number of amides is 1. The first-order chi connectivity index (χ1) is 12.9. The Hall–Kier alpha value is -1.55. The Balaban J connectivity index is 1.31. The summed E-state index contributed by atoms with van der Waals surface area (Å²) in [6, 6.07) is 9.64. The number of fused-ring (bicyclic) bond motifs is 2. The molecule has 1 aliphatic heterocycles. The quantitative estimate of drug-likeness (QED) is 0.864. The van der Waals surface area contributed by atoms with Crippen molar-refractivity contribution in [3.8, 4) is 0 Å². The van der Waals surface area contributed by atoms with Crippen LogP contribution in [0.15, 0.2) is 24.3 Å². The van der Waals surface area contributed by atoms with Crippen LogP contribution in [0.3, 0.4) is 0 Å². The highest BCUT2D eigenvalue weighted by molar-refractivity contribution is 5.68. The highest BCUT2D eigenvalue weighted by atomic mass is 16.6. The minimum absolute atomic E-state index is 0.156. The molecule has 1 N–H and O–H groups in total. The minimum Gasteiger partial charge on any atom is -0.444 e. The number of nitrogens with zero attached hydrogens (tertiary/aromatic N) is 1. The van der Waals surface area contributed by atoms with E-state index < -0.39 is 5.60 Å². The van der Waals surface area contributed by atoms with E-state index in [4.69, 9.17) is 4.74 Å². The summed E-state index contributed by atoms with van der Waals surface area (Å²) >= 11 is 0. The number of aryl methyl sites for hydroxylation is 1.